The van der Waals surface area contributed by atoms with Crippen molar-refractivity contribution in [2.75, 3.05) is 6.54 Å². The van der Waals surface area contributed by atoms with Gasteiger partial charge < -0.3 is 26.2 Å². The minimum atomic E-state index is -1.18. The number of benzene rings is 2. The first-order valence-electron chi connectivity index (χ1n) is 9.40. The highest BCUT2D eigenvalue weighted by molar-refractivity contribution is 6.35. The first kappa shape index (κ1) is 24.5. The SMILES string of the molecule is NC(=O)[C@H](Cc1ccc(Cl)cc1Cl)NC(=O)C[C@@H](O)CNC(=O)OCc1ccccc1. The molecule has 0 saturated heterocycles. The third-order valence-corrected chi connectivity index (χ3v) is 4.82. The molecule has 0 unspecified atom stereocenters. The van der Waals surface area contributed by atoms with Gasteiger partial charge in [0.15, 0.2) is 0 Å². The first-order chi connectivity index (χ1) is 14.7. The van der Waals surface area contributed by atoms with E-state index in [1.807, 2.05) is 18.2 Å². The van der Waals surface area contributed by atoms with Crippen LogP contribution in [0.15, 0.2) is 48.5 Å². The van der Waals surface area contributed by atoms with E-state index >= 15 is 0 Å². The molecular weight excluding hydrogens is 445 g/mol. The summed E-state index contributed by atoms with van der Waals surface area (Å²) in [7, 11) is 0. The quantitative estimate of drug-likeness (QED) is 0.425. The Hall–Kier alpha value is -2.81. The van der Waals surface area contributed by atoms with Crippen molar-refractivity contribution in [1.29, 1.82) is 0 Å². The summed E-state index contributed by atoms with van der Waals surface area (Å²) in [6.45, 7) is -0.123. The minimum absolute atomic E-state index is 0.0667. The largest absolute Gasteiger partial charge is 0.445 e. The lowest BCUT2D eigenvalue weighted by Gasteiger charge is -2.18. The lowest BCUT2D eigenvalue weighted by Crippen LogP contribution is -2.47. The third kappa shape index (κ3) is 8.84. The van der Waals surface area contributed by atoms with Crippen LogP contribution in [0.25, 0.3) is 0 Å². The van der Waals surface area contributed by atoms with Crippen molar-refractivity contribution >= 4 is 41.1 Å². The van der Waals surface area contributed by atoms with E-state index in [0.29, 0.717) is 15.6 Å². The summed E-state index contributed by atoms with van der Waals surface area (Å²) in [5.41, 5.74) is 6.76. The number of halogens is 2. The van der Waals surface area contributed by atoms with Gasteiger partial charge in [-0.2, -0.15) is 0 Å². The van der Waals surface area contributed by atoms with E-state index in [1.54, 1.807) is 24.3 Å². The fraction of sp³-hybridized carbons (Fsp3) is 0.286. The Labute approximate surface area is 189 Å². The Balaban J connectivity index is 1.77. The zero-order valence-corrected chi connectivity index (χ0v) is 18.0. The second kappa shape index (κ2) is 12.1. The Morgan fingerprint density at radius 3 is 2.45 bits per heavy atom. The van der Waals surface area contributed by atoms with E-state index in [1.165, 1.54) is 6.07 Å². The van der Waals surface area contributed by atoms with Crippen LogP contribution in [0.5, 0.6) is 0 Å². The molecule has 31 heavy (non-hydrogen) atoms. The first-order valence-corrected chi connectivity index (χ1v) is 10.2. The molecule has 2 rings (SSSR count). The molecule has 2 aromatic rings. The number of nitrogens with one attached hydrogen (secondary N) is 2. The van der Waals surface area contributed by atoms with Gasteiger partial charge in [0.25, 0.3) is 0 Å². The molecule has 0 heterocycles. The molecule has 2 atom stereocenters. The van der Waals surface area contributed by atoms with E-state index in [-0.39, 0.29) is 26.0 Å². The third-order valence-electron chi connectivity index (χ3n) is 4.23. The van der Waals surface area contributed by atoms with E-state index < -0.39 is 30.1 Å². The fourth-order valence-electron chi connectivity index (χ4n) is 2.64. The standard InChI is InChI=1S/C21H23Cl2N3O5/c22-15-7-6-14(17(23)9-15)8-18(20(24)29)26-19(28)10-16(27)11-25-21(30)31-12-13-4-2-1-3-5-13/h1-7,9,16,18,27H,8,10-12H2,(H2,24,29)(H,25,30)(H,26,28)/t16-,18+/m1/s1. The fourth-order valence-corrected chi connectivity index (χ4v) is 3.13. The number of aliphatic hydroxyl groups excluding tert-OH is 1. The van der Waals surface area contributed by atoms with Crippen LogP contribution >= 0.6 is 23.2 Å². The van der Waals surface area contributed by atoms with Gasteiger partial charge in [-0.3, -0.25) is 9.59 Å². The van der Waals surface area contributed by atoms with Crippen LogP contribution in [-0.4, -0.2) is 41.7 Å². The van der Waals surface area contributed by atoms with Crippen molar-refractivity contribution in [2.24, 2.45) is 5.73 Å². The van der Waals surface area contributed by atoms with Gasteiger partial charge in [0.05, 0.1) is 12.5 Å². The summed E-state index contributed by atoms with van der Waals surface area (Å²) in [5.74, 6) is -1.36. The molecule has 0 aliphatic carbocycles. The zero-order chi connectivity index (χ0) is 22.8. The van der Waals surface area contributed by atoms with E-state index in [0.717, 1.165) is 5.56 Å². The highest BCUT2D eigenvalue weighted by Gasteiger charge is 2.21. The second-order valence-electron chi connectivity index (χ2n) is 6.76. The number of carbonyl (C=O) groups excluding carboxylic acids is 3. The summed E-state index contributed by atoms with van der Waals surface area (Å²) < 4.78 is 5.02. The monoisotopic (exact) mass is 467 g/mol. The molecule has 2 aromatic carbocycles. The zero-order valence-electron chi connectivity index (χ0n) is 16.5. The maximum absolute atomic E-state index is 12.2. The number of rotatable bonds is 10. The van der Waals surface area contributed by atoms with Gasteiger partial charge in [0.2, 0.25) is 11.8 Å². The Morgan fingerprint density at radius 2 is 1.81 bits per heavy atom. The van der Waals surface area contributed by atoms with Crippen molar-refractivity contribution < 1.29 is 24.2 Å². The van der Waals surface area contributed by atoms with E-state index in [4.69, 9.17) is 33.7 Å². The molecule has 0 fully saturated rings. The maximum Gasteiger partial charge on any atom is 0.407 e. The van der Waals surface area contributed by atoms with Crippen LogP contribution < -0.4 is 16.4 Å². The van der Waals surface area contributed by atoms with E-state index in [2.05, 4.69) is 10.6 Å². The highest BCUT2D eigenvalue weighted by Crippen LogP contribution is 2.22. The Kier molecular flexibility index (Phi) is 9.58. The molecule has 10 heteroatoms. The topological polar surface area (TPSA) is 131 Å². The number of alkyl carbamates (subject to hydrolysis) is 1. The molecule has 0 aliphatic rings. The summed E-state index contributed by atoms with van der Waals surface area (Å²) in [6.07, 6.45) is -2.19. The molecule has 0 aromatic heterocycles. The van der Waals surface area contributed by atoms with Crippen molar-refractivity contribution in [3.05, 3.63) is 69.7 Å². The van der Waals surface area contributed by atoms with Crippen LogP contribution in [-0.2, 0) is 27.4 Å². The maximum atomic E-state index is 12.2. The summed E-state index contributed by atoms with van der Waals surface area (Å²) in [6, 6.07) is 12.8. The van der Waals surface area contributed by atoms with Crippen LogP contribution in [0.2, 0.25) is 10.0 Å². The smallest absolute Gasteiger partial charge is 0.407 e. The van der Waals surface area contributed by atoms with Crippen LogP contribution in [0, 0.1) is 0 Å². The number of hydrogen-bond donors (Lipinski definition) is 4. The highest BCUT2D eigenvalue weighted by atomic mass is 35.5. The summed E-state index contributed by atoms with van der Waals surface area (Å²) in [5, 5.41) is 15.6. The van der Waals surface area contributed by atoms with Crippen LogP contribution in [0.3, 0.4) is 0 Å². The molecule has 8 nitrogen and oxygen atoms in total. The average molecular weight is 468 g/mol. The summed E-state index contributed by atoms with van der Waals surface area (Å²) in [4.78, 5) is 35.6. The van der Waals surface area contributed by atoms with Gasteiger partial charge in [-0.1, -0.05) is 59.6 Å². The number of primary amides is 1. The second-order valence-corrected chi connectivity index (χ2v) is 7.61. The van der Waals surface area contributed by atoms with Crippen molar-refractivity contribution in [1.82, 2.24) is 10.6 Å². The van der Waals surface area contributed by atoms with Crippen molar-refractivity contribution in [2.45, 2.75) is 31.6 Å². The molecule has 0 aliphatic heterocycles. The molecule has 0 saturated carbocycles. The number of amides is 3. The molecule has 166 valence electrons. The molecule has 0 bridgehead atoms. The molecular formula is C21H23Cl2N3O5. The van der Waals surface area contributed by atoms with Gasteiger partial charge >= 0.3 is 6.09 Å². The van der Waals surface area contributed by atoms with Gasteiger partial charge in [-0.25, -0.2) is 4.79 Å². The number of aliphatic hydroxyl groups is 1. The lowest BCUT2D eigenvalue weighted by molar-refractivity contribution is -0.128. The number of nitrogens with two attached hydrogens (primary N) is 1. The van der Waals surface area contributed by atoms with Crippen LogP contribution in [0.1, 0.15) is 17.5 Å². The minimum Gasteiger partial charge on any atom is -0.445 e. The van der Waals surface area contributed by atoms with Gasteiger partial charge in [-0.15, -0.1) is 0 Å². The predicted octanol–water partition coefficient (Wildman–Crippen LogP) is 2.18. The lowest BCUT2D eigenvalue weighted by atomic mass is 10.0. The predicted molar refractivity (Wildman–Crippen MR) is 117 cm³/mol. The average Bonchev–Trinajstić information content (AvgIpc) is 2.72. The Bertz CT molecular complexity index is 911. The molecule has 3 amide bonds. The normalized spacial score (nSPS) is 12.5. The molecule has 0 radical (unpaired) electrons. The van der Waals surface area contributed by atoms with Gasteiger partial charge in [0.1, 0.15) is 12.6 Å². The molecule has 5 N–H and O–H groups in total. The van der Waals surface area contributed by atoms with Crippen molar-refractivity contribution in [3.8, 4) is 0 Å². The van der Waals surface area contributed by atoms with Crippen molar-refractivity contribution in [3.63, 3.8) is 0 Å². The van der Waals surface area contributed by atoms with Crippen LogP contribution in [0.4, 0.5) is 4.79 Å². The number of ether oxygens (including phenoxy) is 1. The van der Waals surface area contributed by atoms with E-state index in [9.17, 15) is 19.5 Å². The Morgan fingerprint density at radius 1 is 1.10 bits per heavy atom. The molecule has 0 spiro atoms. The van der Waals surface area contributed by atoms with Gasteiger partial charge in [-0.05, 0) is 23.3 Å². The number of hydrogen-bond acceptors (Lipinski definition) is 5. The summed E-state index contributed by atoms with van der Waals surface area (Å²) >= 11 is 11.9. The number of carbonyl (C=O) groups is 3. The van der Waals surface area contributed by atoms with Gasteiger partial charge in [0, 0.05) is 23.0 Å².